The van der Waals surface area contributed by atoms with Crippen molar-refractivity contribution in [2.24, 2.45) is 0 Å². The quantitative estimate of drug-likeness (QED) is 0.676. The van der Waals surface area contributed by atoms with Crippen molar-refractivity contribution in [3.63, 3.8) is 0 Å². The van der Waals surface area contributed by atoms with E-state index >= 15 is 0 Å². The van der Waals surface area contributed by atoms with E-state index in [9.17, 15) is 4.79 Å². The molecule has 0 heterocycles. The molecule has 0 atom stereocenters. The summed E-state index contributed by atoms with van der Waals surface area (Å²) >= 11 is 0. The molecule has 2 aromatic rings. The van der Waals surface area contributed by atoms with Gasteiger partial charge in [-0.05, 0) is 24.3 Å². The lowest BCUT2D eigenvalue weighted by Gasteiger charge is -2.11. The second-order valence-corrected chi connectivity index (χ2v) is 4.34. The Labute approximate surface area is 123 Å². The van der Waals surface area contributed by atoms with Crippen molar-refractivity contribution in [2.45, 2.75) is 6.61 Å². The first-order valence-electron chi connectivity index (χ1n) is 6.38. The number of rotatable bonds is 5. The van der Waals surface area contributed by atoms with Gasteiger partial charge < -0.3 is 19.9 Å². The minimum absolute atomic E-state index is 0.111. The highest BCUT2D eigenvalue weighted by atomic mass is 16.5. The minimum Gasteiger partial charge on any atom is -0.497 e. The molecule has 0 amide bonds. The van der Waals surface area contributed by atoms with Crippen LogP contribution < -0.4 is 15.2 Å². The maximum atomic E-state index is 12.1. The third-order valence-electron chi connectivity index (χ3n) is 3.03. The molecule has 5 heteroatoms. The van der Waals surface area contributed by atoms with Gasteiger partial charge in [0.2, 0.25) is 0 Å². The van der Waals surface area contributed by atoms with E-state index in [0.717, 1.165) is 5.56 Å². The lowest BCUT2D eigenvalue weighted by atomic mass is 10.1. The highest BCUT2D eigenvalue weighted by Crippen LogP contribution is 2.22. The molecule has 0 aliphatic rings. The number of anilines is 1. The lowest BCUT2D eigenvalue weighted by molar-refractivity contribution is 0.0471. The molecule has 21 heavy (non-hydrogen) atoms. The first-order chi connectivity index (χ1) is 10.2. The summed E-state index contributed by atoms with van der Waals surface area (Å²) in [6.45, 7) is 0.111. The van der Waals surface area contributed by atoms with Gasteiger partial charge in [0.1, 0.15) is 18.1 Å². The molecule has 0 spiro atoms. The van der Waals surface area contributed by atoms with Gasteiger partial charge >= 0.3 is 5.97 Å². The van der Waals surface area contributed by atoms with Crippen LogP contribution in [0.4, 0.5) is 5.69 Å². The molecule has 2 N–H and O–H groups in total. The van der Waals surface area contributed by atoms with E-state index in [1.165, 1.54) is 7.11 Å². The Bertz CT molecular complexity index is 640. The monoisotopic (exact) mass is 287 g/mol. The summed E-state index contributed by atoms with van der Waals surface area (Å²) < 4.78 is 15.6. The Balaban J connectivity index is 2.11. The average Bonchev–Trinajstić information content (AvgIpc) is 2.53. The number of methoxy groups -OCH3 is 2. The molecule has 0 aliphatic carbocycles. The summed E-state index contributed by atoms with van der Waals surface area (Å²) in [5, 5.41) is 0. The summed E-state index contributed by atoms with van der Waals surface area (Å²) in [4.78, 5) is 12.1. The van der Waals surface area contributed by atoms with Crippen LogP contribution in [-0.4, -0.2) is 20.2 Å². The number of nitrogens with two attached hydrogens (primary N) is 1. The van der Waals surface area contributed by atoms with Crippen LogP contribution in [0.15, 0.2) is 42.5 Å². The smallest absolute Gasteiger partial charge is 0.340 e. The van der Waals surface area contributed by atoms with E-state index in [4.69, 9.17) is 19.9 Å². The highest BCUT2D eigenvalue weighted by Gasteiger charge is 2.13. The molecule has 0 aromatic heterocycles. The number of esters is 1. The third-order valence-corrected chi connectivity index (χ3v) is 3.03. The largest absolute Gasteiger partial charge is 0.497 e. The van der Waals surface area contributed by atoms with Gasteiger partial charge in [-0.25, -0.2) is 4.79 Å². The van der Waals surface area contributed by atoms with Crippen LogP contribution in [-0.2, 0) is 11.3 Å². The van der Waals surface area contributed by atoms with Crippen molar-refractivity contribution in [1.29, 1.82) is 0 Å². The molecule has 2 aromatic carbocycles. The fraction of sp³-hybridized carbons (Fsp3) is 0.188. The van der Waals surface area contributed by atoms with E-state index in [2.05, 4.69) is 0 Å². The van der Waals surface area contributed by atoms with Gasteiger partial charge in [-0.3, -0.25) is 0 Å². The predicted molar refractivity (Wildman–Crippen MR) is 79.5 cm³/mol. The molecule has 110 valence electrons. The second-order valence-electron chi connectivity index (χ2n) is 4.34. The number of hydrogen-bond donors (Lipinski definition) is 1. The summed E-state index contributed by atoms with van der Waals surface area (Å²) in [6, 6.07) is 12.2. The summed E-state index contributed by atoms with van der Waals surface area (Å²) in [6.07, 6.45) is 0. The minimum atomic E-state index is -0.502. The van der Waals surface area contributed by atoms with Gasteiger partial charge in [-0.2, -0.15) is 0 Å². The Kier molecular flexibility index (Phi) is 4.66. The fourth-order valence-corrected chi connectivity index (χ4v) is 1.88. The number of nitrogen functional groups attached to an aromatic ring is 1. The molecular weight excluding hydrogens is 270 g/mol. The molecule has 0 aliphatic heterocycles. The van der Waals surface area contributed by atoms with E-state index in [-0.39, 0.29) is 12.2 Å². The number of carbonyl (C=O) groups excluding carboxylic acids is 1. The molecule has 0 unspecified atom stereocenters. The lowest BCUT2D eigenvalue weighted by Crippen LogP contribution is -2.09. The van der Waals surface area contributed by atoms with Crippen LogP contribution >= 0.6 is 0 Å². The zero-order valence-corrected chi connectivity index (χ0v) is 12.0. The maximum Gasteiger partial charge on any atom is 0.340 e. The van der Waals surface area contributed by atoms with Gasteiger partial charge in [0.05, 0.1) is 19.8 Å². The zero-order valence-electron chi connectivity index (χ0n) is 12.0. The van der Waals surface area contributed by atoms with Crippen molar-refractivity contribution in [3.05, 3.63) is 53.6 Å². The van der Waals surface area contributed by atoms with Crippen LogP contribution in [0, 0.1) is 0 Å². The molecule has 0 fully saturated rings. The number of carbonyl (C=O) groups is 1. The van der Waals surface area contributed by atoms with Gasteiger partial charge in [0, 0.05) is 11.3 Å². The van der Waals surface area contributed by atoms with Gasteiger partial charge in [-0.15, -0.1) is 0 Å². The Morgan fingerprint density at radius 1 is 1.10 bits per heavy atom. The van der Waals surface area contributed by atoms with Crippen LogP contribution in [0.1, 0.15) is 15.9 Å². The summed E-state index contributed by atoms with van der Waals surface area (Å²) in [5.41, 5.74) is 7.21. The van der Waals surface area contributed by atoms with Gasteiger partial charge in [0.25, 0.3) is 0 Å². The molecule has 5 nitrogen and oxygen atoms in total. The van der Waals surface area contributed by atoms with Crippen molar-refractivity contribution in [3.8, 4) is 11.5 Å². The maximum absolute atomic E-state index is 12.1. The molecule has 0 bridgehead atoms. The number of benzene rings is 2. The molecule has 2 rings (SSSR count). The van der Waals surface area contributed by atoms with Gasteiger partial charge in [-0.1, -0.05) is 18.2 Å². The molecule has 0 radical (unpaired) electrons. The number of para-hydroxylation sites is 1. The zero-order chi connectivity index (χ0) is 15.2. The van der Waals surface area contributed by atoms with Crippen LogP contribution in [0.25, 0.3) is 0 Å². The topological polar surface area (TPSA) is 70.8 Å². The average molecular weight is 287 g/mol. The Morgan fingerprint density at radius 3 is 2.57 bits per heavy atom. The first kappa shape index (κ1) is 14.7. The van der Waals surface area contributed by atoms with E-state index in [0.29, 0.717) is 17.2 Å². The molecule has 0 saturated carbocycles. The second kappa shape index (κ2) is 6.65. The SMILES string of the molecule is COc1ccc(N)c(C(=O)OCc2ccccc2OC)c1. The number of hydrogen-bond acceptors (Lipinski definition) is 5. The highest BCUT2D eigenvalue weighted by molar-refractivity contribution is 5.95. The van der Waals surface area contributed by atoms with Gasteiger partial charge in [0.15, 0.2) is 0 Å². The normalized spacial score (nSPS) is 10.0. The fourth-order valence-electron chi connectivity index (χ4n) is 1.88. The van der Waals surface area contributed by atoms with E-state index in [1.54, 1.807) is 25.3 Å². The number of ether oxygens (including phenoxy) is 3. The van der Waals surface area contributed by atoms with Crippen molar-refractivity contribution < 1.29 is 19.0 Å². The molecule has 0 saturated heterocycles. The van der Waals surface area contributed by atoms with Crippen LogP contribution in [0.5, 0.6) is 11.5 Å². The molecular formula is C16H17NO4. The van der Waals surface area contributed by atoms with Crippen molar-refractivity contribution in [1.82, 2.24) is 0 Å². The van der Waals surface area contributed by atoms with Crippen LogP contribution in [0.3, 0.4) is 0 Å². The predicted octanol–water partition coefficient (Wildman–Crippen LogP) is 2.64. The standard InChI is InChI=1S/C16H17NO4/c1-19-12-7-8-14(17)13(9-12)16(18)21-10-11-5-3-4-6-15(11)20-2/h3-9H,10,17H2,1-2H3. The van der Waals surface area contributed by atoms with Crippen molar-refractivity contribution in [2.75, 3.05) is 20.0 Å². The van der Waals surface area contributed by atoms with Crippen LogP contribution in [0.2, 0.25) is 0 Å². The van der Waals surface area contributed by atoms with E-state index in [1.807, 2.05) is 24.3 Å². The summed E-state index contributed by atoms with van der Waals surface area (Å²) in [5.74, 6) is 0.717. The van der Waals surface area contributed by atoms with E-state index < -0.39 is 5.97 Å². The third kappa shape index (κ3) is 3.45. The Hall–Kier alpha value is -2.69. The first-order valence-corrected chi connectivity index (χ1v) is 6.38. The Morgan fingerprint density at radius 2 is 1.86 bits per heavy atom. The summed E-state index contributed by atoms with van der Waals surface area (Å²) in [7, 11) is 3.09. The van der Waals surface area contributed by atoms with Crippen molar-refractivity contribution >= 4 is 11.7 Å².